The van der Waals surface area contributed by atoms with Gasteiger partial charge in [0.25, 0.3) is 5.91 Å². The molecule has 0 spiro atoms. The van der Waals surface area contributed by atoms with Crippen LogP contribution in [0.2, 0.25) is 0 Å². The fraction of sp³-hybridized carbons (Fsp3) is 0.500. The van der Waals surface area contributed by atoms with Crippen molar-refractivity contribution in [1.82, 2.24) is 20.0 Å². The Kier molecular flexibility index (Phi) is 8.21. The van der Waals surface area contributed by atoms with Crippen molar-refractivity contribution in [3.63, 3.8) is 0 Å². The second-order valence-corrected chi connectivity index (χ2v) is 12.8. The largest absolute Gasteiger partial charge is 0.419 e. The van der Waals surface area contributed by atoms with Gasteiger partial charge in [-0.2, -0.15) is 31.4 Å². The van der Waals surface area contributed by atoms with E-state index >= 15 is 4.39 Å². The Morgan fingerprint density at radius 2 is 1.76 bits per heavy atom. The number of H-pyrrole nitrogens is 1. The van der Waals surface area contributed by atoms with Gasteiger partial charge in [-0.1, -0.05) is 26.0 Å². The lowest BCUT2D eigenvalue weighted by atomic mass is 9.73. The zero-order chi connectivity index (χ0) is 33.2. The first-order valence-electron chi connectivity index (χ1n) is 15.0. The van der Waals surface area contributed by atoms with Crippen molar-refractivity contribution in [2.45, 2.75) is 56.9 Å². The molecule has 1 aromatic heterocycles. The van der Waals surface area contributed by atoms with Crippen LogP contribution in [0.1, 0.15) is 63.9 Å². The van der Waals surface area contributed by atoms with Gasteiger partial charge in [-0.25, -0.2) is 4.39 Å². The highest BCUT2D eigenvalue weighted by Gasteiger charge is 2.52. The topological polar surface area (TPSA) is 64.7 Å². The summed E-state index contributed by atoms with van der Waals surface area (Å²) in [5.74, 6) is -0.370. The van der Waals surface area contributed by atoms with Crippen LogP contribution in [0.15, 0.2) is 42.6 Å². The van der Waals surface area contributed by atoms with Crippen LogP contribution >= 0.6 is 0 Å². The van der Waals surface area contributed by atoms with E-state index in [1.165, 1.54) is 35.2 Å². The molecule has 14 heteroatoms. The predicted molar refractivity (Wildman–Crippen MR) is 155 cm³/mol. The third-order valence-electron chi connectivity index (χ3n) is 9.45. The minimum atomic E-state index is -4.84. The highest BCUT2D eigenvalue weighted by molar-refractivity contribution is 6.10. The summed E-state index contributed by atoms with van der Waals surface area (Å²) < 4.78 is 105. The number of halogens is 7. The number of alkyl halides is 7. The van der Waals surface area contributed by atoms with Gasteiger partial charge >= 0.3 is 12.4 Å². The van der Waals surface area contributed by atoms with Crippen LogP contribution in [0, 0.1) is 5.92 Å². The van der Waals surface area contributed by atoms with Crippen LogP contribution in [0.25, 0.3) is 0 Å². The van der Waals surface area contributed by atoms with Crippen LogP contribution in [-0.2, 0) is 35.6 Å². The third kappa shape index (κ3) is 5.68. The molecule has 0 saturated carbocycles. The molecule has 248 valence electrons. The molecule has 0 aliphatic carbocycles. The Morgan fingerprint density at radius 1 is 1.04 bits per heavy atom. The SMILES string of the molecule is CC(C)[C@H]1CN(C)CCN1Cc1cc2c(c(C(F)(F)F)c1)CN(c1cccc(C3([C@H](F)c4n[nH]cc4C(F)(F)F)COC3)c1)C2=O. The van der Waals surface area contributed by atoms with Gasteiger partial charge in [0.1, 0.15) is 5.69 Å². The number of carbonyl (C=O) groups is 1. The number of nitrogens with one attached hydrogen (secondary N) is 1. The highest BCUT2D eigenvalue weighted by Crippen LogP contribution is 2.49. The predicted octanol–water partition coefficient (Wildman–Crippen LogP) is 6.36. The molecule has 0 radical (unpaired) electrons. The molecule has 2 aromatic carbocycles. The maximum atomic E-state index is 16.0. The number of hydrogen-bond donors (Lipinski definition) is 1. The van der Waals surface area contributed by atoms with Crippen molar-refractivity contribution in [3.05, 3.63) is 81.7 Å². The lowest BCUT2D eigenvalue weighted by molar-refractivity contribution is -0.141. The summed E-state index contributed by atoms with van der Waals surface area (Å²) in [5.41, 5.74) is -3.85. The molecule has 3 aliphatic rings. The van der Waals surface area contributed by atoms with Crippen molar-refractivity contribution in [2.24, 2.45) is 5.92 Å². The number of fused-ring (bicyclic) bond motifs is 1. The molecule has 2 atom stereocenters. The number of aromatic nitrogens is 2. The van der Waals surface area contributed by atoms with E-state index in [1.807, 2.05) is 7.05 Å². The molecule has 6 rings (SSSR count). The summed E-state index contributed by atoms with van der Waals surface area (Å²) in [6, 6.07) is 8.73. The van der Waals surface area contributed by atoms with Gasteiger partial charge < -0.3 is 14.5 Å². The van der Waals surface area contributed by atoms with Gasteiger partial charge in [0.05, 0.1) is 36.3 Å². The maximum absolute atomic E-state index is 16.0. The molecule has 1 N–H and O–H groups in total. The Balaban J connectivity index is 1.32. The number of carbonyl (C=O) groups excluding carboxylic acids is 1. The lowest BCUT2D eigenvalue weighted by Gasteiger charge is -2.44. The number of rotatable bonds is 7. The number of likely N-dealkylation sites (N-methyl/N-ethyl adjacent to an activating group) is 1. The van der Waals surface area contributed by atoms with E-state index < -0.39 is 46.7 Å². The molecular formula is C32H34F7N5O2. The third-order valence-corrected chi connectivity index (χ3v) is 9.45. The first-order chi connectivity index (χ1) is 21.6. The van der Waals surface area contributed by atoms with Crippen molar-refractivity contribution >= 4 is 11.6 Å². The molecule has 4 heterocycles. The molecule has 0 bridgehead atoms. The number of piperazine rings is 1. The van der Waals surface area contributed by atoms with Gasteiger partial charge in [0.15, 0.2) is 6.17 Å². The molecule has 1 amide bonds. The number of benzene rings is 2. The van der Waals surface area contributed by atoms with Crippen molar-refractivity contribution in [2.75, 3.05) is 44.8 Å². The second kappa shape index (κ2) is 11.6. The Labute approximate surface area is 261 Å². The van der Waals surface area contributed by atoms with E-state index in [0.29, 0.717) is 18.3 Å². The molecule has 3 aromatic rings. The van der Waals surface area contributed by atoms with E-state index in [-0.39, 0.29) is 60.6 Å². The van der Waals surface area contributed by atoms with Gasteiger partial charge in [-0.15, -0.1) is 0 Å². The van der Waals surface area contributed by atoms with Crippen LogP contribution in [0.5, 0.6) is 0 Å². The van der Waals surface area contributed by atoms with Crippen molar-refractivity contribution in [1.29, 1.82) is 0 Å². The fourth-order valence-corrected chi connectivity index (χ4v) is 6.82. The Bertz CT molecular complexity index is 1610. The van der Waals surface area contributed by atoms with Gasteiger partial charge in [0, 0.05) is 49.7 Å². The summed E-state index contributed by atoms with van der Waals surface area (Å²) in [7, 11) is 2.01. The molecule has 2 saturated heterocycles. The van der Waals surface area contributed by atoms with Gasteiger partial charge in [-0.05, 0) is 53.9 Å². The zero-order valence-electron chi connectivity index (χ0n) is 25.5. The number of nitrogens with zero attached hydrogens (tertiary/aromatic N) is 4. The highest BCUT2D eigenvalue weighted by atomic mass is 19.4. The number of anilines is 1. The normalized spacial score (nSPS) is 21.5. The average molecular weight is 654 g/mol. The fourth-order valence-electron chi connectivity index (χ4n) is 6.82. The van der Waals surface area contributed by atoms with Crippen LogP contribution in [0.3, 0.4) is 0 Å². The van der Waals surface area contributed by atoms with E-state index in [2.05, 4.69) is 33.8 Å². The summed E-state index contributed by atoms with van der Waals surface area (Å²) in [6.07, 6.45) is -11.2. The molecule has 2 fully saturated rings. The molecule has 3 aliphatic heterocycles. The standard InChI is InChI=1S/C32H34F7N5O2/c1-18(2)26-15-42(3)7-8-43(26)13-19-9-22-23(24(10-19)31(34,35)36)14-44(29(22)45)21-6-4-5-20(11-21)30(16-46-17-30)28(33)27-25(12-40-41-27)32(37,38)39/h4-6,9-12,18,26,28H,7-8,13-17H2,1-3H3,(H,40,41)/t26-,28-/m1/s1. The molecule has 7 nitrogen and oxygen atoms in total. The van der Waals surface area contributed by atoms with Gasteiger partial charge in [0.2, 0.25) is 0 Å². The minimum absolute atomic E-state index is 0.0538. The Hall–Kier alpha value is -3.49. The van der Waals surface area contributed by atoms with Gasteiger partial charge in [-0.3, -0.25) is 14.8 Å². The number of ether oxygens (including phenoxy) is 1. The number of amides is 1. The average Bonchev–Trinajstić information content (AvgIpc) is 3.58. The van der Waals surface area contributed by atoms with Crippen LogP contribution in [0.4, 0.5) is 36.4 Å². The summed E-state index contributed by atoms with van der Waals surface area (Å²) in [4.78, 5) is 19.3. The van der Waals surface area contributed by atoms with Crippen molar-refractivity contribution in [3.8, 4) is 0 Å². The summed E-state index contributed by atoms with van der Waals surface area (Å²) in [5, 5.41) is 5.63. The molecule has 0 unspecified atom stereocenters. The van der Waals surface area contributed by atoms with E-state index in [4.69, 9.17) is 4.74 Å². The monoisotopic (exact) mass is 653 g/mol. The smallest absolute Gasteiger partial charge is 0.379 e. The zero-order valence-corrected chi connectivity index (χ0v) is 25.5. The molecular weight excluding hydrogens is 619 g/mol. The number of hydrogen-bond acceptors (Lipinski definition) is 5. The Morgan fingerprint density at radius 3 is 2.39 bits per heavy atom. The lowest BCUT2D eigenvalue weighted by Crippen LogP contribution is -2.53. The van der Waals surface area contributed by atoms with Crippen molar-refractivity contribution < 1.29 is 40.3 Å². The first kappa shape index (κ1) is 32.5. The van der Waals surface area contributed by atoms with Crippen LogP contribution < -0.4 is 4.90 Å². The van der Waals surface area contributed by atoms with Crippen LogP contribution in [-0.4, -0.2) is 71.8 Å². The summed E-state index contributed by atoms with van der Waals surface area (Å²) >= 11 is 0. The number of aromatic amines is 1. The second-order valence-electron chi connectivity index (χ2n) is 12.8. The van der Waals surface area contributed by atoms with E-state index in [0.717, 1.165) is 19.2 Å². The first-order valence-corrected chi connectivity index (χ1v) is 15.0. The molecule has 46 heavy (non-hydrogen) atoms. The van der Waals surface area contributed by atoms with E-state index in [1.54, 1.807) is 0 Å². The quantitative estimate of drug-likeness (QED) is 0.301. The summed E-state index contributed by atoms with van der Waals surface area (Å²) in [6.45, 7) is 5.77. The van der Waals surface area contributed by atoms with E-state index in [9.17, 15) is 31.1 Å². The maximum Gasteiger partial charge on any atom is 0.419 e. The minimum Gasteiger partial charge on any atom is -0.379 e.